The Hall–Kier alpha value is -2.13. The zero-order valence-electron chi connectivity index (χ0n) is 10.1. The van der Waals surface area contributed by atoms with E-state index in [0.717, 1.165) is 22.3 Å². The van der Waals surface area contributed by atoms with Gasteiger partial charge in [-0.3, -0.25) is 0 Å². The van der Waals surface area contributed by atoms with Crippen LogP contribution in [0.4, 0.5) is 0 Å². The van der Waals surface area contributed by atoms with Gasteiger partial charge in [0, 0.05) is 22.0 Å². The number of ether oxygens (including phenoxy) is 1. The number of hydrogen-bond acceptors (Lipinski definition) is 2. The van der Waals surface area contributed by atoms with Gasteiger partial charge in [0.15, 0.2) is 0 Å². The van der Waals surface area contributed by atoms with Gasteiger partial charge in [0.05, 0.1) is 5.69 Å². The second-order valence-corrected chi connectivity index (χ2v) is 4.75. The van der Waals surface area contributed by atoms with Gasteiger partial charge in [-0.1, -0.05) is 11.6 Å². The SMILES string of the molecule is Oc1ccc2cc(COc3ccc(Cl)cc3)[nH]c2c1. The Kier molecular flexibility index (Phi) is 3.05. The topological polar surface area (TPSA) is 45.2 Å². The van der Waals surface area contributed by atoms with Crippen LogP contribution >= 0.6 is 11.6 Å². The minimum absolute atomic E-state index is 0.250. The highest BCUT2D eigenvalue weighted by Crippen LogP contribution is 2.22. The molecule has 2 aromatic carbocycles. The average molecular weight is 274 g/mol. The molecule has 0 saturated heterocycles. The van der Waals surface area contributed by atoms with E-state index in [9.17, 15) is 5.11 Å². The number of aromatic amines is 1. The number of nitrogens with one attached hydrogen (secondary N) is 1. The average Bonchev–Trinajstić information content (AvgIpc) is 2.80. The Morgan fingerprint density at radius 2 is 1.84 bits per heavy atom. The molecule has 3 aromatic rings. The van der Waals surface area contributed by atoms with E-state index in [1.165, 1.54) is 0 Å². The summed E-state index contributed by atoms with van der Waals surface area (Å²) in [5.74, 6) is 1.02. The fourth-order valence-corrected chi connectivity index (χ4v) is 2.07. The first kappa shape index (κ1) is 11.9. The molecular weight excluding hydrogens is 262 g/mol. The molecule has 0 aliphatic heterocycles. The van der Waals surface area contributed by atoms with Gasteiger partial charge in [0.1, 0.15) is 18.1 Å². The van der Waals surface area contributed by atoms with E-state index >= 15 is 0 Å². The summed E-state index contributed by atoms with van der Waals surface area (Å²) in [6.07, 6.45) is 0. The molecule has 0 fully saturated rings. The van der Waals surface area contributed by atoms with Crippen LogP contribution in [0.1, 0.15) is 5.69 Å². The first-order valence-corrected chi connectivity index (χ1v) is 6.27. The lowest BCUT2D eigenvalue weighted by Crippen LogP contribution is -1.94. The third-order valence-corrected chi connectivity index (χ3v) is 3.12. The van der Waals surface area contributed by atoms with Crippen LogP contribution in [0.5, 0.6) is 11.5 Å². The fraction of sp³-hybridized carbons (Fsp3) is 0.0667. The minimum Gasteiger partial charge on any atom is -0.508 e. The van der Waals surface area contributed by atoms with Crippen LogP contribution < -0.4 is 4.74 Å². The normalized spacial score (nSPS) is 10.8. The number of aromatic hydroxyl groups is 1. The van der Waals surface area contributed by atoms with Crippen molar-refractivity contribution in [3.05, 3.63) is 59.2 Å². The maximum Gasteiger partial charge on any atom is 0.128 e. The summed E-state index contributed by atoms with van der Waals surface area (Å²) in [7, 11) is 0. The second kappa shape index (κ2) is 4.86. The van der Waals surface area contributed by atoms with E-state index in [2.05, 4.69) is 4.98 Å². The Bertz CT molecular complexity index is 704. The van der Waals surface area contributed by atoms with Crippen LogP contribution in [0.15, 0.2) is 48.5 Å². The smallest absolute Gasteiger partial charge is 0.128 e. The predicted molar refractivity (Wildman–Crippen MR) is 75.7 cm³/mol. The number of hydrogen-bond donors (Lipinski definition) is 2. The molecular formula is C15H12ClNO2. The van der Waals surface area contributed by atoms with Crippen molar-refractivity contribution in [2.75, 3.05) is 0 Å². The van der Waals surface area contributed by atoms with Crippen LogP contribution in [0.3, 0.4) is 0 Å². The molecule has 1 heterocycles. The van der Waals surface area contributed by atoms with Gasteiger partial charge in [-0.05, 0) is 42.5 Å². The summed E-state index contributed by atoms with van der Waals surface area (Å²) >= 11 is 5.81. The number of H-pyrrole nitrogens is 1. The Labute approximate surface area is 115 Å². The number of benzene rings is 2. The minimum atomic E-state index is 0.250. The van der Waals surface area contributed by atoms with Crippen molar-refractivity contribution >= 4 is 22.5 Å². The van der Waals surface area contributed by atoms with Gasteiger partial charge >= 0.3 is 0 Å². The van der Waals surface area contributed by atoms with E-state index < -0.39 is 0 Å². The third kappa shape index (κ3) is 2.66. The van der Waals surface area contributed by atoms with Crippen molar-refractivity contribution in [1.29, 1.82) is 0 Å². The van der Waals surface area contributed by atoms with Crippen LogP contribution in [0, 0.1) is 0 Å². The van der Waals surface area contributed by atoms with Gasteiger partial charge in [-0.25, -0.2) is 0 Å². The summed E-state index contributed by atoms with van der Waals surface area (Å²) in [6, 6.07) is 14.5. The van der Waals surface area contributed by atoms with Crippen molar-refractivity contribution in [3.63, 3.8) is 0 Å². The molecule has 0 radical (unpaired) electrons. The highest BCUT2D eigenvalue weighted by molar-refractivity contribution is 6.30. The summed E-state index contributed by atoms with van der Waals surface area (Å²) in [5, 5.41) is 11.1. The number of phenols is 1. The number of halogens is 1. The lowest BCUT2D eigenvalue weighted by atomic mass is 10.2. The Balaban J connectivity index is 1.76. The van der Waals surface area contributed by atoms with Crippen molar-refractivity contribution in [2.45, 2.75) is 6.61 Å². The maximum atomic E-state index is 9.41. The van der Waals surface area contributed by atoms with Gasteiger partial charge in [0.2, 0.25) is 0 Å². The zero-order chi connectivity index (χ0) is 13.2. The Morgan fingerprint density at radius 1 is 1.05 bits per heavy atom. The number of aromatic nitrogens is 1. The lowest BCUT2D eigenvalue weighted by molar-refractivity contribution is 0.302. The molecule has 19 heavy (non-hydrogen) atoms. The molecule has 0 atom stereocenters. The lowest BCUT2D eigenvalue weighted by Gasteiger charge is -2.04. The molecule has 0 unspecified atom stereocenters. The monoisotopic (exact) mass is 273 g/mol. The molecule has 0 aliphatic rings. The van der Waals surface area contributed by atoms with Crippen molar-refractivity contribution < 1.29 is 9.84 Å². The molecule has 0 bridgehead atoms. The summed E-state index contributed by atoms with van der Waals surface area (Å²) in [5.41, 5.74) is 1.85. The van der Waals surface area contributed by atoms with Crippen LogP contribution in [-0.4, -0.2) is 10.1 Å². The first-order chi connectivity index (χ1) is 9.20. The summed E-state index contributed by atoms with van der Waals surface area (Å²) in [4.78, 5) is 3.21. The number of fused-ring (bicyclic) bond motifs is 1. The summed E-state index contributed by atoms with van der Waals surface area (Å²) < 4.78 is 5.65. The second-order valence-electron chi connectivity index (χ2n) is 4.31. The van der Waals surface area contributed by atoms with Crippen molar-refractivity contribution in [1.82, 2.24) is 4.98 Å². The zero-order valence-corrected chi connectivity index (χ0v) is 10.8. The standard InChI is InChI=1S/C15H12ClNO2/c16-11-2-5-14(6-3-11)19-9-12-7-10-1-4-13(18)8-15(10)17-12/h1-8,17-18H,9H2. The fourth-order valence-electron chi connectivity index (χ4n) is 1.94. The molecule has 2 N–H and O–H groups in total. The molecule has 1 aromatic heterocycles. The van der Waals surface area contributed by atoms with Crippen LogP contribution in [0.2, 0.25) is 5.02 Å². The van der Waals surface area contributed by atoms with Crippen molar-refractivity contribution in [3.8, 4) is 11.5 Å². The van der Waals surface area contributed by atoms with Gasteiger partial charge in [-0.2, -0.15) is 0 Å². The summed E-state index contributed by atoms with van der Waals surface area (Å²) in [6.45, 7) is 0.442. The molecule has 0 spiro atoms. The molecule has 96 valence electrons. The molecule has 0 aliphatic carbocycles. The van der Waals surface area contributed by atoms with Crippen LogP contribution in [-0.2, 0) is 6.61 Å². The highest BCUT2D eigenvalue weighted by Gasteiger charge is 2.02. The Morgan fingerprint density at radius 3 is 2.63 bits per heavy atom. The van der Waals surface area contributed by atoms with Crippen LogP contribution in [0.25, 0.3) is 10.9 Å². The first-order valence-electron chi connectivity index (χ1n) is 5.90. The van der Waals surface area contributed by atoms with E-state index in [4.69, 9.17) is 16.3 Å². The van der Waals surface area contributed by atoms with Gasteiger partial charge < -0.3 is 14.8 Å². The molecule has 3 rings (SSSR count). The van der Waals surface area contributed by atoms with E-state index in [1.807, 2.05) is 24.3 Å². The molecule has 4 heteroatoms. The van der Waals surface area contributed by atoms with Gasteiger partial charge in [0.25, 0.3) is 0 Å². The molecule has 3 nitrogen and oxygen atoms in total. The molecule has 0 amide bonds. The largest absolute Gasteiger partial charge is 0.508 e. The van der Waals surface area contributed by atoms with Gasteiger partial charge in [-0.15, -0.1) is 0 Å². The molecule has 0 saturated carbocycles. The number of phenolic OH excluding ortho intramolecular Hbond substituents is 1. The maximum absolute atomic E-state index is 9.41. The predicted octanol–water partition coefficient (Wildman–Crippen LogP) is 4.11. The third-order valence-electron chi connectivity index (χ3n) is 2.87. The van der Waals surface area contributed by atoms with Crippen molar-refractivity contribution in [2.24, 2.45) is 0 Å². The quantitative estimate of drug-likeness (QED) is 0.754. The number of rotatable bonds is 3. The van der Waals surface area contributed by atoms with E-state index in [-0.39, 0.29) is 5.75 Å². The van der Waals surface area contributed by atoms with E-state index in [1.54, 1.807) is 24.3 Å². The highest BCUT2D eigenvalue weighted by atomic mass is 35.5. The van der Waals surface area contributed by atoms with E-state index in [0.29, 0.717) is 11.6 Å².